The topological polar surface area (TPSA) is 98.7 Å². The Hall–Kier alpha value is -2.45. The predicted octanol–water partition coefficient (Wildman–Crippen LogP) is 4.09. The maximum atomic E-state index is 13.5. The molecule has 1 fully saturated rings. The molecule has 0 saturated heterocycles. The van der Waals surface area contributed by atoms with Crippen LogP contribution in [0.25, 0.3) is 0 Å². The van der Waals surface area contributed by atoms with Gasteiger partial charge in [0.2, 0.25) is 11.8 Å². The molecule has 5 atom stereocenters. The van der Waals surface area contributed by atoms with Gasteiger partial charge in [-0.15, -0.1) is 24.7 Å². The van der Waals surface area contributed by atoms with Crippen molar-refractivity contribution >= 4 is 23.6 Å². The van der Waals surface area contributed by atoms with Crippen molar-refractivity contribution < 1.29 is 19.8 Å². The fourth-order valence-electron chi connectivity index (χ4n) is 4.95. The minimum absolute atomic E-state index is 0.0151. The van der Waals surface area contributed by atoms with Gasteiger partial charge in [-0.2, -0.15) is 11.8 Å². The number of rotatable bonds is 14. The Morgan fingerprint density at radius 3 is 2.23 bits per heavy atom. The summed E-state index contributed by atoms with van der Waals surface area (Å²) in [5.74, 6) is 4.76. The van der Waals surface area contributed by atoms with E-state index in [0.717, 1.165) is 31.2 Å². The maximum Gasteiger partial charge on any atom is 0.243 e. The lowest BCUT2D eigenvalue weighted by Crippen LogP contribution is -2.55. The van der Waals surface area contributed by atoms with Crippen molar-refractivity contribution in [2.75, 3.05) is 5.75 Å². The largest absolute Gasteiger partial charge is 0.389 e. The molecule has 2 rings (SSSR count). The average molecular weight is 555 g/mol. The summed E-state index contributed by atoms with van der Waals surface area (Å²) in [6.45, 7) is 6.32. The summed E-state index contributed by atoms with van der Waals surface area (Å²) >= 11 is 1.70. The van der Waals surface area contributed by atoms with Crippen LogP contribution in [0.4, 0.5) is 0 Å². The predicted molar refractivity (Wildman–Crippen MR) is 160 cm³/mol. The second-order valence-electron chi connectivity index (χ2n) is 11.6. The molecule has 0 aliphatic heterocycles. The lowest BCUT2D eigenvalue weighted by Gasteiger charge is -2.33. The van der Waals surface area contributed by atoms with Gasteiger partial charge in [0.1, 0.15) is 12.1 Å². The molecule has 1 aliphatic carbocycles. The first-order chi connectivity index (χ1) is 18.5. The molecule has 6 nitrogen and oxygen atoms in total. The molecule has 0 radical (unpaired) electrons. The van der Waals surface area contributed by atoms with Crippen LogP contribution in [0, 0.1) is 36.5 Å². The molecule has 1 aromatic rings. The van der Waals surface area contributed by atoms with E-state index >= 15 is 0 Å². The number of carbonyl (C=O) groups is 2. The number of aliphatic hydroxyl groups is 2. The molecule has 1 saturated carbocycles. The monoisotopic (exact) mass is 554 g/mol. The Labute approximate surface area is 239 Å². The zero-order valence-electron chi connectivity index (χ0n) is 23.7. The second-order valence-corrected chi connectivity index (χ2v) is 13.4. The molecule has 2 amide bonds. The maximum absolute atomic E-state index is 13.5. The number of carbonyl (C=O) groups excluding carboxylic acids is 2. The minimum Gasteiger partial charge on any atom is -0.389 e. The molecule has 4 N–H and O–H groups in total. The molecule has 214 valence electrons. The van der Waals surface area contributed by atoms with Crippen molar-refractivity contribution in [1.82, 2.24) is 10.6 Å². The number of hydrogen-bond donors (Lipinski definition) is 4. The first kappa shape index (κ1) is 32.8. The lowest BCUT2D eigenvalue weighted by atomic mass is 9.82. The van der Waals surface area contributed by atoms with E-state index in [-0.39, 0.29) is 29.4 Å². The van der Waals surface area contributed by atoms with Gasteiger partial charge in [0.15, 0.2) is 0 Å². The molecule has 0 aromatic heterocycles. The Bertz CT molecular complexity index is 973. The zero-order valence-corrected chi connectivity index (χ0v) is 24.5. The van der Waals surface area contributed by atoms with Crippen LogP contribution in [0.1, 0.15) is 77.7 Å². The van der Waals surface area contributed by atoms with Crippen molar-refractivity contribution in [3.8, 4) is 24.7 Å². The van der Waals surface area contributed by atoms with Gasteiger partial charge < -0.3 is 20.8 Å². The number of thioether (sulfide) groups is 1. The zero-order chi connectivity index (χ0) is 28.8. The smallest absolute Gasteiger partial charge is 0.243 e. The molecule has 1 aliphatic rings. The van der Waals surface area contributed by atoms with E-state index in [2.05, 4.69) is 43.2 Å². The normalized spacial score (nSPS) is 18.0. The van der Waals surface area contributed by atoms with Crippen LogP contribution in [0.3, 0.4) is 0 Å². The van der Waals surface area contributed by atoms with E-state index in [1.54, 1.807) is 11.8 Å². The molecular formula is C32H46N2O4S. The van der Waals surface area contributed by atoms with E-state index < -0.39 is 30.2 Å². The molecule has 0 heterocycles. The number of aliphatic hydroxyl groups excluding tert-OH is 2. The third-order valence-electron chi connectivity index (χ3n) is 7.14. The molecular weight excluding hydrogens is 508 g/mol. The van der Waals surface area contributed by atoms with Gasteiger partial charge in [0.25, 0.3) is 0 Å². The summed E-state index contributed by atoms with van der Waals surface area (Å²) in [5.41, 5.74) is 1.04. The molecule has 7 heteroatoms. The van der Waals surface area contributed by atoms with E-state index in [9.17, 15) is 19.8 Å². The van der Waals surface area contributed by atoms with Crippen molar-refractivity contribution in [2.24, 2.45) is 11.8 Å². The number of hydrogen-bond acceptors (Lipinski definition) is 5. The van der Waals surface area contributed by atoms with Crippen LogP contribution in [0.2, 0.25) is 0 Å². The average Bonchev–Trinajstić information content (AvgIpc) is 2.90. The summed E-state index contributed by atoms with van der Waals surface area (Å²) < 4.78 is -0.0213. The first-order valence-corrected chi connectivity index (χ1v) is 15.0. The van der Waals surface area contributed by atoms with Gasteiger partial charge in [0.05, 0.1) is 18.1 Å². The van der Waals surface area contributed by atoms with Crippen molar-refractivity contribution in [3.63, 3.8) is 0 Å². The third-order valence-corrected chi connectivity index (χ3v) is 8.58. The Morgan fingerprint density at radius 1 is 1.00 bits per heavy atom. The molecule has 1 aromatic carbocycles. The quantitative estimate of drug-likeness (QED) is 0.260. The van der Waals surface area contributed by atoms with Crippen LogP contribution in [-0.4, -0.2) is 56.8 Å². The molecule has 39 heavy (non-hydrogen) atoms. The van der Waals surface area contributed by atoms with Crippen molar-refractivity contribution in [2.45, 2.75) is 108 Å². The van der Waals surface area contributed by atoms with Crippen LogP contribution >= 0.6 is 11.8 Å². The van der Waals surface area contributed by atoms with Gasteiger partial charge in [0, 0.05) is 23.3 Å². The fraction of sp³-hybridized carbons (Fsp3) is 0.625. The highest BCUT2D eigenvalue weighted by atomic mass is 32.2. The number of terminal acetylenes is 2. The van der Waals surface area contributed by atoms with Crippen LogP contribution in [0.5, 0.6) is 0 Å². The minimum atomic E-state index is -1.22. The molecule has 0 unspecified atom stereocenters. The highest BCUT2D eigenvalue weighted by Gasteiger charge is 2.33. The van der Waals surface area contributed by atoms with E-state index in [1.165, 1.54) is 6.42 Å². The van der Waals surface area contributed by atoms with Gasteiger partial charge in [-0.3, -0.25) is 9.59 Å². The summed E-state index contributed by atoms with van der Waals surface area (Å²) in [7, 11) is 0. The highest BCUT2D eigenvalue weighted by Crippen LogP contribution is 2.29. The number of nitrogens with one attached hydrogen (secondary N) is 2. The van der Waals surface area contributed by atoms with Crippen LogP contribution in [0.15, 0.2) is 30.3 Å². The third kappa shape index (κ3) is 12.1. The first-order valence-electron chi connectivity index (χ1n) is 14.1. The van der Waals surface area contributed by atoms with Gasteiger partial charge in [-0.25, -0.2) is 0 Å². The van der Waals surface area contributed by atoms with Gasteiger partial charge in [-0.1, -0.05) is 83.2 Å². The Morgan fingerprint density at radius 2 is 1.64 bits per heavy atom. The molecule has 0 bridgehead atoms. The molecule has 0 spiro atoms. The highest BCUT2D eigenvalue weighted by molar-refractivity contribution is 8.00. The second kappa shape index (κ2) is 16.6. The van der Waals surface area contributed by atoms with E-state index in [0.29, 0.717) is 24.5 Å². The van der Waals surface area contributed by atoms with E-state index in [4.69, 9.17) is 12.8 Å². The van der Waals surface area contributed by atoms with Gasteiger partial charge in [-0.05, 0) is 24.3 Å². The standard InChI is InChI=1S/C32H46N2O4S/c1-6-14-26(33-30(37)25(22-39-32(3,4)5)20-23-16-10-8-11-17-23)31(38)34-27(29(36)28(35)15-7-2)21-24-18-12-9-13-19-24/h1-2,8,10-11,16-17,24-29,35-36H,9,12-15,18-22H2,3-5H3,(H,33,37)(H,34,38)/t25-,26+,27+,28+,29-/m1/s1. The van der Waals surface area contributed by atoms with Gasteiger partial charge >= 0.3 is 0 Å². The van der Waals surface area contributed by atoms with E-state index in [1.807, 2.05) is 30.3 Å². The lowest BCUT2D eigenvalue weighted by molar-refractivity contribution is -0.132. The Balaban J connectivity index is 2.17. The van der Waals surface area contributed by atoms with Crippen molar-refractivity contribution in [3.05, 3.63) is 35.9 Å². The SMILES string of the molecule is C#CC[C@H](NC(=O)[C@@H](CSC(C)(C)C)Cc1ccccc1)C(=O)N[C@@H](CC1CCCCC1)[C@@H](O)[C@@H](O)CC#C. The number of benzene rings is 1. The van der Waals surface area contributed by atoms with Crippen molar-refractivity contribution in [1.29, 1.82) is 0 Å². The van der Waals surface area contributed by atoms with Crippen LogP contribution < -0.4 is 10.6 Å². The summed E-state index contributed by atoms with van der Waals surface area (Å²) in [6.07, 6.45) is 15.1. The fourth-order valence-corrected chi connectivity index (χ4v) is 5.92. The Kier molecular flexibility index (Phi) is 14.0. The number of amides is 2. The van der Waals surface area contributed by atoms with Crippen LogP contribution in [-0.2, 0) is 16.0 Å². The summed E-state index contributed by atoms with van der Waals surface area (Å²) in [4.78, 5) is 26.9. The summed E-state index contributed by atoms with van der Waals surface area (Å²) in [6, 6.07) is 8.17. The summed E-state index contributed by atoms with van der Waals surface area (Å²) in [5, 5.41) is 27.1.